The van der Waals surface area contributed by atoms with Gasteiger partial charge in [0.2, 0.25) is 0 Å². The highest BCUT2D eigenvalue weighted by Crippen LogP contribution is 2.07. The molecule has 0 aliphatic heterocycles. The van der Waals surface area contributed by atoms with Crippen LogP contribution in [0.5, 0.6) is 0 Å². The van der Waals surface area contributed by atoms with Crippen LogP contribution in [0.4, 0.5) is 11.6 Å². The number of nitrogens with one attached hydrogen (secondary N) is 2. The summed E-state index contributed by atoms with van der Waals surface area (Å²) in [4.78, 5) is 8.17. The maximum atomic E-state index is 8.61. The number of aliphatic hydroxyl groups excluding tert-OH is 1. The quantitative estimate of drug-likeness (QED) is 0.588. The Balaban J connectivity index is 2.36. The summed E-state index contributed by atoms with van der Waals surface area (Å²) in [5.41, 5.74) is 0. The average molecular weight is 210 g/mol. The van der Waals surface area contributed by atoms with Gasteiger partial charge in [-0.3, -0.25) is 0 Å². The van der Waals surface area contributed by atoms with Gasteiger partial charge >= 0.3 is 0 Å². The largest absolute Gasteiger partial charge is 0.396 e. The molecular weight excluding hydrogens is 192 g/mol. The van der Waals surface area contributed by atoms with E-state index in [1.807, 2.05) is 13.0 Å². The highest BCUT2D eigenvalue weighted by atomic mass is 16.2. The molecule has 0 atom stereocenters. The van der Waals surface area contributed by atoms with E-state index in [0.29, 0.717) is 0 Å². The first-order valence-corrected chi connectivity index (χ1v) is 5.27. The SMILES string of the molecule is CCNc1cc(NCCCCO)ncn1. The zero-order chi connectivity index (χ0) is 10.9. The van der Waals surface area contributed by atoms with Crippen LogP contribution in [-0.4, -0.2) is 34.8 Å². The minimum absolute atomic E-state index is 0.244. The molecule has 0 fully saturated rings. The summed E-state index contributed by atoms with van der Waals surface area (Å²) in [6.45, 7) is 3.94. The van der Waals surface area contributed by atoms with Gasteiger partial charge in [-0.15, -0.1) is 0 Å². The molecule has 0 amide bonds. The van der Waals surface area contributed by atoms with E-state index in [0.717, 1.165) is 37.6 Å². The van der Waals surface area contributed by atoms with Crippen LogP contribution in [0, 0.1) is 0 Å². The molecule has 84 valence electrons. The fourth-order valence-electron chi connectivity index (χ4n) is 1.19. The fourth-order valence-corrected chi connectivity index (χ4v) is 1.19. The number of aromatic nitrogens is 2. The molecule has 0 aliphatic carbocycles. The first kappa shape index (κ1) is 11.7. The molecule has 0 saturated heterocycles. The first-order valence-electron chi connectivity index (χ1n) is 5.27. The Hall–Kier alpha value is -1.36. The Labute approximate surface area is 90.0 Å². The number of unbranched alkanes of at least 4 members (excludes halogenated alkanes) is 1. The molecule has 5 nitrogen and oxygen atoms in total. The Morgan fingerprint density at radius 2 is 1.93 bits per heavy atom. The van der Waals surface area contributed by atoms with E-state index in [2.05, 4.69) is 20.6 Å². The number of hydrogen-bond donors (Lipinski definition) is 3. The van der Waals surface area contributed by atoms with Crippen LogP contribution in [-0.2, 0) is 0 Å². The van der Waals surface area contributed by atoms with E-state index in [4.69, 9.17) is 5.11 Å². The summed E-state index contributed by atoms with van der Waals surface area (Å²) in [5.74, 6) is 1.65. The summed E-state index contributed by atoms with van der Waals surface area (Å²) >= 11 is 0. The predicted octanol–water partition coefficient (Wildman–Crippen LogP) is 1.09. The molecule has 0 bridgehead atoms. The highest BCUT2D eigenvalue weighted by molar-refractivity contribution is 5.46. The number of hydrogen-bond acceptors (Lipinski definition) is 5. The van der Waals surface area contributed by atoms with Gasteiger partial charge in [-0.05, 0) is 19.8 Å². The molecule has 0 aromatic carbocycles. The normalized spacial score (nSPS) is 10.0. The lowest BCUT2D eigenvalue weighted by Gasteiger charge is -2.06. The second kappa shape index (κ2) is 7.00. The van der Waals surface area contributed by atoms with Gasteiger partial charge in [0.25, 0.3) is 0 Å². The number of anilines is 2. The molecule has 1 rings (SSSR count). The van der Waals surface area contributed by atoms with Crippen LogP contribution < -0.4 is 10.6 Å². The first-order chi connectivity index (χ1) is 7.36. The van der Waals surface area contributed by atoms with Gasteiger partial charge in [0.15, 0.2) is 0 Å². The third-order valence-corrected chi connectivity index (χ3v) is 1.92. The highest BCUT2D eigenvalue weighted by Gasteiger charge is 1.96. The van der Waals surface area contributed by atoms with Crippen LogP contribution in [0.15, 0.2) is 12.4 Å². The van der Waals surface area contributed by atoms with E-state index in [-0.39, 0.29) is 6.61 Å². The zero-order valence-corrected chi connectivity index (χ0v) is 9.03. The van der Waals surface area contributed by atoms with Crippen molar-refractivity contribution >= 4 is 11.6 Å². The minimum Gasteiger partial charge on any atom is -0.396 e. The lowest BCUT2D eigenvalue weighted by atomic mass is 10.3. The van der Waals surface area contributed by atoms with Gasteiger partial charge in [-0.1, -0.05) is 0 Å². The van der Waals surface area contributed by atoms with Crippen molar-refractivity contribution in [3.05, 3.63) is 12.4 Å². The number of nitrogens with zero attached hydrogens (tertiary/aromatic N) is 2. The summed E-state index contributed by atoms with van der Waals surface area (Å²) in [6.07, 6.45) is 3.29. The third-order valence-electron chi connectivity index (χ3n) is 1.92. The van der Waals surface area contributed by atoms with Gasteiger partial charge in [0.05, 0.1) is 0 Å². The van der Waals surface area contributed by atoms with E-state index >= 15 is 0 Å². The van der Waals surface area contributed by atoms with Gasteiger partial charge in [0, 0.05) is 25.8 Å². The lowest BCUT2D eigenvalue weighted by molar-refractivity contribution is 0.286. The number of rotatable bonds is 7. The van der Waals surface area contributed by atoms with E-state index in [1.54, 1.807) is 0 Å². The van der Waals surface area contributed by atoms with Crippen LogP contribution in [0.25, 0.3) is 0 Å². The summed E-state index contributed by atoms with van der Waals surface area (Å²) in [6, 6.07) is 1.88. The van der Waals surface area contributed by atoms with Crippen molar-refractivity contribution in [2.45, 2.75) is 19.8 Å². The molecule has 5 heteroatoms. The average Bonchev–Trinajstić information content (AvgIpc) is 2.26. The fraction of sp³-hybridized carbons (Fsp3) is 0.600. The Morgan fingerprint density at radius 1 is 1.20 bits per heavy atom. The van der Waals surface area contributed by atoms with Crippen molar-refractivity contribution in [1.82, 2.24) is 9.97 Å². The van der Waals surface area contributed by atoms with Crippen molar-refractivity contribution in [3.8, 4) is 0 Å². The molecule has 0 radical (unpaired) electrons. The van der Waals surface area contributed by atoms with Crippen LogP contribution in [0.1, 0.15) is 19.8 Å². The maximum Gasteiger partial charge on any atom is 0.131 e. The van der Waals surface area contributed by atoms with Crippen LogP contribution >= 0.6 is 0 Å². The number of aliphatic hydroxyl groups is 1. The Bertz CT molecular complexity index is 280. The van der Waals surface area contributed by atoms with Gasteiger partial charge < -0.3 is 15.7 Å². The molecule has 0 saturated carbocycles. The van der Waals surface area contributed by atoms with E-state index in [9.17, 15) is 0 Å². The van der Waals surface area contributed by atoms with E-state index in [1.165, 1.54) is 6.33 Å². The second-order valence-corrected chi connectivity index (χ2v) is 3.18. The lowest BCUT2D eigenvalue weighted by Crippen LogP contribution is -2.06. The topological polar surface area (TPSA) is 70.1 Å². The van der Waals surface area contributed by atoms with E-state index < -0.39 is 0 Å². The minimum atomic E-state index is 0.244. The molecule has 0 unspecified atom stereocenters. The molecule has 1 heterocycles. The van der Waals surface area contributed by atoms with Crippen molar-refractivity contribution in [3.63, 3.8) is 0 Å². The second-order valence-electron chi connectivity index (χ2n) is 3.18. The molecule has 0 spiro atoms. The summed E-state index contributed by atoms with van der Waals surface area (Å²) in [7, 11) is 0. The molecular formula is C10H18N4O. The molecule has 1 aromatic rings. The van der Waals surface area contributed by atoms with Crippen molar-refractivity contribution < 1.29 is 5.11 Å². The monoisotopic (exact) mass is 210 g/mol. The standard InChI is InChI=1S/C10H18N4O/c1-2-11-9-7-10(14-8-13-9)12-5-3-4-6-15/h7-8,15H,2-6H2,1H3,(H2,11,12,13,14). The Kier molecular flexibility index (Phi) is 5.47. The van der Waals surface area contributed by atoms with Gasteiger partial charge in [-0.2, -0.15) is 0 Å². The third kappa shape index (κ3) is 4.60. The van der Waals surface area contributed by atoms with Crippen LogP contribution in [0.3, 0.4) is 0 Å². The maximum absolute atomic E-state index is 8.61. The zero-order valence-electron chi connectivity index (χ0n) is 9.03. The van der Waals surface area contributed by atoms with Crippen molar-refractivity contribution in [2.75, 3.05) is 30.3 Å². The smallest absolute Gasteiger partial charge is 0.131 e. The molecule has 3 N–H and O–H groups in total. The van der Waals surface area contributed by atoms with Gasteiger partial charge in [0.1, 0.15) is 18.0 Å². The summed E-state index contributed by atoms with van der Waals surface area (Å²) < 4.78 is 0. The molecule has 15 heavy (non-hydrogen) atoms. The predicted molar refractivity (Wildman–Crippen MR) is 61.0 cm³/mol. The molecule has 0 aliphatic rings. The van der Waals surface area contributed by atoms with Crippen molar-refractivity contribution in [2.24, 2.45) is 0 Å². The van der Waals surface area contributed by atoms with Gasteiger partial charge in [-0.25, -0.2) is 9.97 Å². The summed E-state index contributed by atoms with van der Waals surface area (Å²) in [5, 5.41) is 14.9. The molecule has 1 aromatic heterocycles. The Morgan fingerprint density at radius 3 is 2.60 bits per heavy atom. The van der Waals surface area contributed by atoms with Crippen molar-refractivity contribution in [1.29, 1.82) is 0 Å². The van der Waals surface area contributed by atoms with Crippen LogP contribution in [0.2, 0.25) is 0 Å².